The number of rotatable bonds is 7. The zero-order chi connectivity index (χ0) is 19.9. The molecule has 0 fully saturated rings. The maximum Gasteiger partial charge on any atom is 0.446 e. The van der Waals surface area contributed by atoms with Crippen molar-refractivity contribution in [1.29, 1.82) is 0 Å². The van der Waals surface area contributed by atoms with Gasteiger partial charge in [-0.25, -0.2) is 4.79 Å². The van der Waals surface area contributed by atoms with Crippen LogP contribution in [0.5, 0.6) is 5.75 Å². The number of benzene rings is 2. The number of amides is 1. The van der Waals surface area contributed by atoms with E-state index in [0.717, 1.165) is 12.1 Å². The maximum absolute atomic E-state index is 12.3. The van der Waals surface area contributed by atoms with Crippen LogP contribution in [-0.2, 0) is 9.53 Å². The Bertz CT molecular complexity index is 794. The molecule has 1 N–H and O–H groups in total. The number of para-hydroxylation sites is 2. The fourth-order valence-electron chi connectivity index (χ4n) is 2.04. The molecule has 0 spiro atoms. The van der Waals surface area contributed by atoms with E-state index in [2.05, 4.69) is 5.32 Å². The first-order valence-electron chi connectivity index (χ1n) is 7.83. The molecule has 0 heterocycles. The number of esters is 1. The normalized spacial score (nSPS) is 11.0. The topological polar surface area (TPSA) is 64.6 Å². The fraction of sp³-hybridized carbons (Fsp3) is 0.222. The number of carbonyl (C=O) groups excluding carboxylic acids is 2. The SMILES string of the molecule is CCOc1ccccc1NC(=O)COC(=O)c1ccc(SC(F)(F)F)cc1. The highest BCUT2D eigenvalue weighted by Gasteiger charge is 2.29. The predicted octanol–water partition coefficient (Wildman–Crippen LogP) is 4.49. The third kappa shape index (κ3) is 6.86. The zero-order valence-electron chi connectivity index (χ0n) is 14.2. The molecule has 0 radical (unpaired) electrons. The van der Waals surface area contributed by atoms with Crippen LogP contribution in [0.15, 0.2) is 53.4 Å². The number of hydrogen-bond donors (Lipinski definition) is 1. The van der Waals surface area contributed by atoms with Crippen LogP contribution in [0.2, 0.25) is 0 Å². The van der Waals surface area contributed by atoms with E-state index in [1.807, 2.05) is 0 Å². The Kier molecular flexibility index (Phi) is 7.12. The molecule has 144 valence electrons. The standard InChI is InChI=1S/C18H16F3NO4S/c1-2-25-15-6-4-3-5-14(15)22-16(23)11-26-17(24)12-7-9-13(10-8-12)27-18(19,20)21/h3-10H,2,11H2,1H3,(H,22,23). The molecule has 0 aliphatic rings. The lowest BCUT2D eigenvalue weighted by Gasteiger charge is -2.11. The summed E-state index contributed by atoms with van der Waals surface area (Å²) < 4.78 is 47.1. The first-order valence-corrected chi connectivity index (χ1v) is 8.64. The number of alkyl halides is 3. The van der Waals surface area contributed by atoms with Crippen LogP contribution in [-0.4, -0.2) is 30.6 Å². The van der Waals surface area contributed by atoms with Gasteiger partial charge in [-0.3, -0.25) is 4.79 Å². The van der Waals surface area contributed by atoms with Crippen molar-refractivity contribution in [2.24, 2.45) is 0 Å². The smallest absolute Gasteiger partial charge is 0.446 e. The Morgan fingerprint density at radius 3 is 2.37 bits per heavy atom. The number of anilines is 1. The molecule has 2 aromatic rings. The van der Waals surface area contributed by atoms with Crippen LogP contribution < -0.4 is 10.1 Å². The molecule has 5 nitrogen and oxygen atoms in total. The van der Waals surface area contributed by atoms with Gasteiger partial charge in [0, 0.05) is 4.90 Å². The highest BCUT2D eigenvalue weighted by molar-refractivity contribution is 8.00. The Morgan fingerprint density at radius 1 is 1.07 bits per heavy atom. The van der Waals surface area contributed by atoms with Gasteiger partial charge < -0.3 is 14.8 Å². The summed E-state index contributed by atoms with van der Waals surface area (Å²) in [6, 6.07) is 11.5. The van der Waals surface area contributed by atoms with Crippen molar-refractivity contribution in [3.05, 3.63) is 54.1 Å². The first kappa shape index (κ1) is 20.6. The molecular weight excluding hydrogens is 383 g/mol. The third-order valence-corrected chi connectivity index (χ3v) is 3.86. The van der Waals surface area contributed by atoms with Gasteiger partial charge >= 0.3 is 11.5 Å². The molecule has 0 bridgehead atoms. The van der Waals surface area contributed by atoms with E-state index in [0.29, 0.717) is 18.0 Å². The summed E-state index contributed by atoms with van der Waals surface area (Å²) in [5.41, 5.74) is -3.92. The Morgan fingerprint density at radius 2 is 1.74 bits per heavy atom. The molecule has 0 aromatic heterocycles. The van der Waals surface area contributed by atoms with Gasteiger partial charge in [-0.1, -0.05) is 12.1 Å². The van der Waals surface area contributed by atoms with Crippen molar-refractivity contribution >= 4 is 29.3 Å². The minimum Gasteiger partial charge on any atom is -0.492 e. The van der Waals surface area contributed by atoms with Gasteiger partial charge in [0.1, 0.15) is 5.75 Å². The number of nitrogens with one attached hydrogen (secondary N) is 1. The van der Waals surface area contributed by atoms with Crippen molar-refractivity contribution in [3.8, 4) is 5.75 Å². The first-order chi connectivity index (χ1) is 12.8. The van der Waals surface area contributed by atoms with Crippen molar-refractivity contribution in [2.45, 2.75) is 17.3 Å². The fourth-order valence-corrected chi connectivity index (χ4v) is 2.58. The van der Waals surface area contributed by atoms with Crippen LogP contribution in [0.25, 0.3) is 0 Å². The molecule has 0 aliphatic heterocycles. The molecule has 0 unspecified atom stereocenters. The number of thioether (sulfide) groups is 1. The molecule has 0 atom stereocenters. The van der Waals surface area contributed by atoms with E-state index >= 15 is 0 Å². The lowest BCUT2D eigenvalue weighted by Crippen LogP contribution is -2.21. The lowest BCUT2D eigenvalue weighted by molar-refractivity contribution is -0.119. The van der Waals surface area contributed by atoms with Gasteiger partial charge in [-0.2, -0.15) is 13.2 Å². The van der Waals surface area contributed by atoms with Crippen molar-refractivity contribution in [1.82, 2.24) is 0 Å². The van der Waals surface area contributed by atoms with Crippen LogP contribution in [0.1, 0.15) is 17.3 Å². The minimum atomic E-state index is -4.40. The van der Waals surface area contributed by atoms with Crippen LogP contribution in [0, 0.1) is 0 Å². The van der Waals surface area contributed by atoms with Gasteiger partial charge in [-0.05, 0) is 55.1 Å². The van der Waals surface area contributed by atoms with Crippen molar-refractivity contribution in [2.75, 3.05) is 18.5 Å². The quantitative estimate of drug-likeness (QED) is 0.549. The number of hydrogen-bond acceptors (Lipinski definition) is 5. The van der Waals surface area contributed by atoms with Crippen molar-refractivity contribution < 1.29 is 32.2 Å². The van der Waals surface area contributed by atoms with Crippen molar-refractivity contribution in [3.63, 3.8) is 0 Å². The van der Waals surface area contributed by atoms with Gasteiger partial charge in [0.15, 0.2) is 6.61 Å². The van der Waals surface area contributed by atoms with E-state index in [-0.39, 0.29) is 22.2 Å². The van der Waals surface area contributed by atoms with Gasteiger partial charge in [0.2, 0.25) is 0 Å². The zero-order valence-corrected chi connectivity index (χ0v) is 15.0. The molecule has 0 saturated heterocycles. The Balaban J connectivity index is 1.89. The molecule has 0 aliphatic carbocycles. The largest absolute Gasteiger partial charge is 0.492 e. The Labute approximate surface area is 157 Å². The minimum absolute atomic E-state index is 0.0454. The number of halogens is 3. The van der Waals surface area contributed by atoms with E-state index in [9.17, 15) is 22.8 Å². The van der Waals surface area contributed by atoms with E-state index in [1.54, 1.807) is 31.2 Å². The number of ether oxygens (including phenoxy) is 2. The van der Waals surface area contributed by atoms with Gasteiger partial charge in [0.25, 0.3) is 5.91 Å². The van der Waals surface area contributed by atoms with Gasteiger partial charge in [-0.15, -0.1) is 0 Å². The second kappa shape index (κ2) is 9.31. The summed E-state index contributed by atoms with van der Waals surface area (Å²) in [5, 5.41) is 2.57. The molecule has 2 aromatic carbocycles. The summed E-state index contributed by atoms with van der Waals surface area (Å²) in [5.74, 6) is -0.899. The maximum atomic E-state index is 12.3. The lowest BCUT2D eigenvalue weighted by atomic mass is 10.2. The summed E-state index contributed by atoms with van der Waals surface area (Å²) >= 11 is -0.282. The average molecular weight is 399 g/mol. The van der Waals surface area contributed by atoms with Crippen LogP contribution >= 0.6 is 11.8 Å². The van der Waals surface area contributed by atoms with Crippen LogP contribution in [0.4, 0.5) is 18.9 Å². The second-order valence-corrected chi connectivity index (χ2v) is 6.26. The second-order valence-electron chi connectivity index (χ2n) is 5.13. The summed E-state index contributed by atoms with van der Waals surface area (Å²) in [6.45, 7) is 1.68. The van der Waals surface area contributed by atoms with E-state index in [1.165, 1.54) is 12.1 Å². The molecule has 9 heteroatoms. The predicted molar refractivity (Wildman–Crippen MR) is 94.9 cm³/mol. The number of carbonyl (C=O) groups is 2. The van der Waals surface area contributed by atoms with E-state index in [4.69, 9.17) is 9.47 Å². The van der Waals surface area contributed by atoms with E-state index < -0.39 is 24.0 Å². The highest BCUT2D eigenvalue weighted by atomic mass is 32.2. The molecule has 0 saturated carbocycles. The van der Waals surface area contributed by atoms with Gasteiger partial charge in [0.05, 0.1) is 17.9 Å². The molecule has 2 rings (SSSR count). The molecular formula is C18H16F3NO4S. The average Bonchev–Trinajstić information content (AvgIpc) is 2.61. The summed E-state index contributed by atoms with van der Waals surface area (Å²) in [7, 11) is 0. The molecule has 1 amide bonds. The van der Waals surface area contributed by atoms with Crippen LogP contribution in [0.3, 0.4) is 0 Å². The summed E-state index contributed by atoms with van der Waals surface area (Å²) in [4.78, 5) is 23.8. The molecule has 27 heavy (non-hydrogen) atoms. The summed E-state index contributed by atoms with van der Waals surface area (Å²) in [6.07, 6.45) is 0. The monoisotopic (exact) mass is 399 g/mol. The Hall–Kier alpha value is -2.68. The third-order valence-electron chi connectivity index (χ3n) is 3.12. The highest BCUT2D eigenvalue weighted by Crippen LogP contribution is 2.36.